The molecule has 0 bridgehead atoms. The van der Waals surface area contributed by atoms with E-state index in [9.17, 15) is 4.79 Å². The second-order valence-corrected chi connectivity index (χ2v) is 10.8. The lowest BCUT2D eigenvalue weighted by Crippen LogP contribution is -2.37. The Labute approximate surface area is 247 Å². The minimum Gasteiger partial charge on any atom is -0.493 e. The van der Waals surface area contributed by atoms with Gasteiger partial charge in [0.1, 0.15) is 6.61 Å². The summed E-state index contributed by atoms with van der Waals surface area (Å²) in [5.74, 6) is 1.55. The zero-order valence-corrected chi connectivity index (χ0v) is 24.4. The molecule has 1 fully saturated rings. The molecular formula is C35H36N4O3. The number of aryl methyl sites for hydroxylation is 1. The summed E-state index contributed by atoms with van der Waals surface area (Å²) in [4.78, 5) is 17.5. The third-order valence-corrected chi connectivity index (χ3v) is 7.84. The number of nitrogens with zero attached hydrogens (tertiary/aromatic N) is 4. The molecule has 0 spiro atoms. The summed E-state index contributed by atoms with van der Waals surface area (Å²) >= 11 is 0. The molecule has 0 aliphatic carbocycles. The number of Topliss-reactive ketones (excluding diaryl/α,β-unsaturated/α-hetero) is 1. The average Bonchev–Trinajstić information content (AvgIpc) is 3.70. The maximum absolute atomic E-state index is 13.1. The number of rotatable bonds is 9. The zero-order valence-electron chi connectivity index (χ0n) is 24.4. The lowest BCUT2D eigenvalue weighted by Gasteiger charge is -2.32. The number of anilines is 3. The first kappa shape index (κ1) is 27.4. The van der Waals surface area contributed by atoms with E-state index in [0.717, 1.165) is 41.2 Å². The number of benzene rings is 4. The van der Waals surface area contributed by atoms with Crippen LogP contribution in [0, 0.1) is 6.92 Å². The number of ketones is 1. The lowest BCUT2D eigenvalue weighted by atomic mass is 10.1. The van der Waals surface area contributed by atoms with Gasteiger partial charge in [-0.15, -0.1) is 5.10 Å². The fraction of sp³-hybridized carbons (Fsp3) is 0.257. The zero-order chi connectivity index (χ0) is 29.1. The van der Waals surface area contributed by atoms with Crippen molar-refractivity contribution in [3.63, 3.8) is 0 Å². The monoisotopic (exact) mass is 560 g/mol. The molecule has 1 atom stereocenters. The number of hydrogen-bond donors (Lipinski definition) is 0. The third-order valence-electron chi connectivity index (χ3n) is 7.84. The van der Waals surface area contributed by atoms with Crippen molar-refractivity contribution in [1.82, 2.24) is 0 Å². The van der Waals surface area contributed by atoms with E-state index in [4.69, 9.17) is 14.6 Å². The summed E-state index contributed by atoms with van der Waals surface area (Å²) in [5.41, 5.74) is 6.14. The molecule has 214 valence electrons. The molecule has 0 amide bonds. The highest BCUT2D eigenvalue weighted by Gasteiger charge is 2.39. The van der Waals surface area contributed by atoms with Gasteiger partial charge in [-0.1, -0.05) is 54.1 Å². The van der Waals surface area contributed by atoms with E-state index in [1.807, 2.05) is 70.6 Å². The van der Waals surface area contributed by atoms with E-state index in [1.54, 1.807) is 14.0 Å². The van der Waals surface area contributed by atoms with E-state index < -0.39 is 6.17 Å². The standard InChI is InChI=1S/C35H36N4O3/c1-25-11-14-31(15-12-25)39-35(28-13-20-32(33(23-28)41-3)42-24-27-9-5-4-6-10-27)38(34(36-39)26(2)40)30-18-16-29(17-19-30)37-21-7-8-22-37/h4-6,9-20,23,35H,7-8,21-22,24H2,1-3H3/t35-/m0/s1. The second-order valence-electron chi connectivity index (χ2n) is 10.8. The van der Waals surface area contributed by atoms with Crippen LogP contribution in [0.1, 0.15) is 42.6 Å². The van der Waals surface area contributed by atoms with Gasteiger partial charge in [-0.25, -0.2) is 5.01 Å². The van der Waals surface area contributed by atoms with Crippen molar-refractivity contribution in [3.8, 4) is 11.5 Å². The lowest BCUT2D eigenvalue weighted by molar-refractivity contribution is -0.111. The van der Waals surface area contributed by atoms with E-state index in [1.165, 1.54) is 18.5 Å². The average molecular weight is 561 g/mol. The molecule has 0 unspecified atom stereocenters. The maximum Gasteiger partial charge on any atom is 0.198 e. The van der Waals surface area contributed by atoms with Crippen LogP contribution >= 0.6 is 0 Å². The van der Waals surface area contributed by atoms with Gasteiger partial charge in [0.05, 0.1) is 12.8 Å². The van der Waals surface area contributed by atoms with Crippen molar-refractivity contribution < 1.29 is 14.3 Å². The van der Waals surface area contributed by atoms with Crippen molar-refractivity contribution in [2.24, 2.45) is 5.10 Å². The van der Waals surface area contributed by atoms with E-state index in [-0.39, 0.29) is 5.78 Å². The number of hydrazone groups is 1. The molecule has 0 N–H and O–H groups in total. The molecule has 0 radical (unpaired) electrons. The van der Waals surface area contributed by atoms with Crippen molar-refractivity contribution >= 4 is 28.7 Å². The SMILES string of the molecule is COc1cc([C@@H]2N(c3ccc(C)cc3)N=C(C(C)=O)N2c2ccc(N3CCCC3)cc2)ccc1OCc1ccccc1. The van der Waals surface area contributed by atoms with E-state index in [2.05, 4.69) is 48.2 Å². The molecule has 0 aromatic heterocycles. The topological polar surface area (TPSA) is 57.6 Å². The molecule has 6 rings (SSSR count). The second kappa shape index (κ2) is 12.0. The molecule has 4 aromatic rings. The predicted molar refractivity (Wildman–Crippen MR) is 169 cm³/mol. The van der Waals surface area contributed by atoms with Gasteiger partial charge in [0.25, 0.3) is 0 Å². The molecular weight excluding hydrogens is 524 g/mol. The van der Waals surface area contributed by atoms with Crippen molar-refractivity contribution in [3.05, 3.63) is 114 Å². The summed E-state index contributed by atoms with van der Waals surface area (Å²) in [5, 5.41) is 6.82. The van der Waals surface area contributed by atoms with Crippen LogP contribution in [0.3, 0.4) is 0 Å². The highest BCUT2D eigenvalue weighted by atomic mass is 16.5. The van der Waals surface area contributed by atoms with Crippen LogP contribution in [0.2, 0.25) is 0 Å². The summed E-state index contributed by atoms with van der Waals surface area (Å²) in [7, 11) is 1.65. The van der Waals surface area contributed by atoms with E-state index in [0.29, 0.717) is 23.9 Å². The molecule has 7 nitrogen and oxygen atoms in total. The van der Waals surface area contributed by atoms with Crippen LogP contribution in [0.4, 0.5) is 17.1 Å². The number of methoxy groups -OCH3 is 1. The molecule has 42 heavy (non-hydrogen) atoms. The van der Waals surface area contributed by atoms with Gasteiger partial charge in [-0.3, -0.25) is 9.69 Å². The van der Waals surface area contributed by atoms with Crippen LogP contribution in [0.5, 0.6) is 11.5 Å². The number of hydrogen-bond acceptors (Lipinski definition) is 7. The molecule has 1 saturated heterocycles. The van der Waals surface area contributed by atoms with Gasteiger partial charge in [0.2, 0.25) is 0 Å². The Hall–Kier alpha value is -4.78. The molecule has 2 aliphatic rings. The van der Waals surface area contributed by atoms with Gasteiger partial charge in [-0.2, -0.15) is 0 Å². The highest BCUT2D eigenvalue weighted by molar-refractivity contribution is 6.44. The Morgan fingerprint density at radius 2 is 1.50 bits per heavy atom. The first-order valence-corrected chi connectivity index (χ1v) is 14.5. The summed E-state index contributed by atoms with van der Waals surface area (Å²) in [6.07, 6.45) is 2.02. The maximum atomic E-state index is 13.1. The molecule has 4 aromatic carbocycles. The van der Waals surface area contributed by atoms with Crippen LogP contribution in [0.15, 0.2) is 102 Å². The fourth-order valence-electron chi connectivity index (χ4n) is 5.62. The molecule has 2 heterocycles. The van der Waals surface area contributed by atoms with Gasteiger partial charge in [0, 0.05) is 37.0 Å². The van der Waals surface area contributed by atoms with Gasteiger partial charge >= 0.3 is 0 Å². The quantitative estimate of drug-likeness (QED) is 0.217. The Balaban J connectivity index is 1.39. The number of ether oxygens (including phenoxy) is 2. The third kappa shape index (κ3) is 5.55. The van der Waals surface area contributed by atoms with Gasteiger partial charge in [-0.05, 0) is 73.9 Å². The van der Waals surface area contributed by atoms with E-state index >= 15 is 0 Å². The minimum absolute atomic E-state index is 0.104. The Kier molecular flexibility index (Phi) is 7.82. The normalized spacial score (nSPS) is 16.5. The van der Waals surface area contributed by atoms with Crippen LogP contribution in [0.25, 0.3) is 0 Å². The minimum atomic E-state index is -0.415. The Morgan fingerprint density at radius 1 is 0.833 bits per heavy atom. The van der Waals surface area contributed by atoms with Crippen LogP contribution in [-0.2, 0) is 11.4 Å². The number of carbonyl (C=O) groups excluding carboxylic acids is 1. The van der Waals surface area contributed by atoms with Crippen LogP contribution < -0.4 is 24.3 Å². The van der Waals surface area contributed by atoms with Crippen molar-refractivity contribution in [2.75, 3.05) is 35.0 Å². The highest BCUT2D eigenvalue weighted by Crippen LogP contribution is 2.42. The van der Waals surface area contributed by atoms with Gasteiger partial charge in [0.15, 0.2) is 29.3 Å². The number of amidine groups is 1. The predicted octanol–water partition coefficient (Wildman–Crippen LogP) is 7.11. The van der Waals surface area contributed by atoms with Crippen LogP contribution in [-0.4, -0.2) is 31.8 Å². The Morgan fingerprint density at radius 3 is 2.17 bits per heavy atom. The first-order chi connectivity index (χ1) is 20.5. The summed E-state index contributed by atoms with van der Waals surface area (Å²) in [6, 6.07) is 32.7. The fourth-order valence-corrected chi connectivity index (χ4v) is 5.62. The summed E-state index contributed by atoms with van der Waals surface area (Å²) in [6.45, 7) is 6.21. The van der Waals surface area contributed by atoms with Gasteiger partial charge < -0.3 is 14.4 Å². The Bertz CT molecular complexity index is 1560. The first-order valence-electron chi connectivity index (χ1n) is 14.5. The molecule has 7 heteroatoms. The van der Waals surface area contributed by atoms with Crippen molar-refractivity contribution in [1.29, 1.82) is 0 Å². The molecule has 0 saturated carbocycles. The molecule has 2 aliphatic heterocycles. The summed E-state index contributed by atoms with van der Waals surface area (Å²) < 4.78 is 12.0. The largest absolute Gasteiger partial charge is 0.493 e. The van der Waals surface area contributed by atoms with Crippen molar-refractivity contribution in [2.45, 2.75) is 39.5 Å². The number of carbonyl (C=O) groups is 1. The smallest absolute Gasteiger partial charge is 0.198 e.